The lowest BCUT2D eigenvalue weighted by Crippen LogP contribution is -2.00. The van der Waals surface area contributed by atoms with E-state index in [-0.39, 0.29) is 17.3 Å². The molecular formula is C15H9BrO3. The topological polar surface area (TPSA) is 50.4 Å². The number of para-hydroxylation sites is 1. The van der Waals surface area contributed by atoms with Crippen LogP contribution in [0.2, 0.25) is 0 Å². The summed E-state index contributed by atoms with van der Waals surface area (Å²) >= 11 is 3.32. The Morgan fingerprint density at radius 2 is 1.89 bits per heavy atom. The molecule has 0 spiro atoms. The van der Waals surface area contributed by atoms with Gasteiger partial charge in [0, 0.05) is 15.4 Å². The standard InChI is InChI=1S/C15H9BrO3/c16-10-5-3-4-9(8-10)14(17)13-11-6-1-2-7-12(11)19-15(13)18/h1-8,18H. The average Bonchev–Trinajstić information content (AvgIpc) is 2.74. The van der Waals surface area contributed by atoms with Gasteiger partial charge in [-0.15, -0.1) is 0 Å². The van der Waals surface area contributed by atoms with E-state index in [2.05, 4.69) is 15.9 Å². The molecule has 0 atom stereocenters. The van der Waals surface area contributed by atoms with Crippen LogP contribution >= 0.6 is 15.9 Å². The third kappa shape index (κ3) is 2.04. The van der Waals surface area contributed by atoms with Crippen molar-refractivity contribution in [2.24, 2.45) is 0 Å². The Morgan fingerprint density at radius 1 is 1.11 bits per heavy atom. The molecule has 0 saturated carbocycles. The Bertz CT molecular complexity index is 774. The number of furan rings is 1. The van der Waals surface area contributed by atoms with E-state index in [4.69, 9.17) is 4.42 Å². The van der Waals surface area contributed by atoms with Crippen molar-refractivity contribution >= 4 is 32.7 Å². The molecule has 0 amide bonds. The number of carbonyl (C=O) groups is 1. The zero-order chi connectivity index (χ0) is 13.4. The predicted molar refractivity (Wildman–Crippen MR) is 75.5 cm³/mol. The van der Waals surface area contributed by atoms with Gasteiger partial charge in [0.2, 0.25) is 5.78 Å². The summed E-state index contributed by atoms with van der Waals surface area (Å²) in [5.74, 6) is -0.602. The third-order valence-corrected chi connectivity index (χ3v) is 3.38. The maximum atomic E-state index is 12.5. The van der Waals surface area contributed by atoms with Gasteiger partial charge in [-0.1, -0.05) is 46.3 Å². The van der Waals surface area contributed by atoms with Crippen LogP contribution in [0.4, 0.5) is 0 Å². The van der Waals surface area contributed by atoms with Gasteiger partial charge in [-0.05, 0) is 18.2 Å². The maximum Gasteiger partial charge on any atom is 0.294 e. The summed E-state index contributed by atoms with van der Waals surface area (Å²) in [4.78, 5) is 12.5. The molecule has 0 aliphatic carbocycles. The predicted octanol–water partition coefficient (Wildman–Crippen LogP) is 4.13. The van der Waals surface area contributed by atoms with Crippen molar-refractivity contribution < 1.29 is 14.3 Å². The summed E-state index contributed by atoms with van der Waals surface area (Å²) in [6.45, 7) is 0. The molecule has 0 radical (unpaired) electrons. The highest BCUT2D eigenvalue weighted by atomic mass is 79.9. The second-order valence-electron chi connectivity index (χ2n) is 4.12. The van der Waals surface area contributed by atoms with Crippen molar-refractivity contribution in [1.82, 2.24) is 0 Å². The molecule has 94 valence electrons. The van der Waals surface area contributed by atoms with Crippen LogP contribution in [0.25, 0.3) is 11.0 Å². The summed E-state index contributed by atoms with van der Waals surface area (Å²) in [5, 5.41) is 10.5. The average molecular weight is 317 g/mol. The quantitative estimate of drug-likeness (QED) is 0.723. The van der Waals surface area contributed by atoms with Crippen molar-refractivity contribution in [3.05, 3.63) is 64.1 Å². The molecular weight excluding hydrogens is 308 g/mol. The number of ketones is 1. The highest BCUT2D eigenvalue weighted by molar-refractivity contribution is 9.10. The number of halogens is 1. The van der Waals surface area contributed by atoms with Crippen LogP contribution in [0.5, 0.6) is 5.95 Å². The van der Waals surface area contributed by atoms with Gasteiger partial charge in [0.1, 0.15) is 11.1 Å². The minimum Gasteiger partial charge on any atom is -0.480 e. The molecule has 3 rings (SSSR count). The van der Waals surface area contributed by atoms with Gasteiger partial charge in [0.25, 0.3) is 5.95 Å². The highest BCUT2D eigenvalue weighted by Crippen LogP contribution is 2.32. The van der Waals surface area contributed by atoms with Crippen molar-refractivity contribution in [3.8, 4) is 5.95 Å². The second kappa shape index (κ2) is 4.55. The van der Waals surface area contributed by atoms with Crippen molar-refractivity contribution in [3.63, 3.8) is 0 Å². The normalized spacial score (nSPS) is 10.8. The lowest BCUT2D eigenvalue weighted by Gasteiger charge is -2.00. The van der Waals surface area contributed by atoms with Crippen LogP contribution in [-0.2, 0) is 0 Å². The molecule has 0 unspecified atom stereocenters. The number of benzene rings is 2. The number of rotatable bonds is 2. The number of hydrogen-bond donors (Lipinski definition) is 1. The van der Waals surface area contributed by atoms with Crippen molar-refractivity contribution in [2.75, 3.05) is 0 Å². The van der Waals surface area contributed by atoms with Crippen LogP contribution < -0.4 is 0 Å². The summed E-state index contributed by atoms with van der Waals surface area (Å²) < 4.78 is 6.01. The smallest absolute Gasteiger partial charge is 0.294 e. The van der Waals surface area contributed by atoms with E-state index in [0.29, 0.717) is 16.5 Å². The Morgan fingerprint density at radius 3 is 2.68 bits per heavy atom. The summed E-state index contributed by atoms with van der Waals surface area (Å²) in [5.41, 5.74) is 1.20. The van der Waals surface area contributed by atoms with E-state index >= 15 is 0 Å². The first-order chi connectivity index (χ1) is 9.16. The zero-order valence-electron chi connectivity index (χ0n) is 9.76. The van der Waals surface area contributed by atoms with Gasteiger partial charge in [0.15, 0.2) is 0 Å². The van der Waals surface area contributed by atoms with E-state index in [1.54, 1.807) is 42.5 Å². The zero-order valence-corrected chi connectivity index (χ0v) is 11.3. The monoisotopic (exact) mass is 316 g/mol. The first kappa shape index (κ1) is 12.0. The summed E-state index contributed by atoms with van der Waals surface area (Å²) in [7, 11) is 0. The van der Waals surface area contributed by atoms with E-state index in [1.165, 1.54) is 0 Å². The largest absolute Gasteiger partial charge is 0.480 e. The van der Waals surface area contributed by atoms with E-state index in [0.717, 1.165) is 4.47 Å². The fraction of sp³-hybridized carbons (Fsp3) is 0. The van der Waals surface area contributed by atoms with Gasteiger partial charge in [-0.3, -0.25) is 4.79 Å². The Kier molecular flexibility index (Phi) is 2.87. The van der Waals surface area contributed by atoms with Gasteiger partial charge >= 0.3 is 0 Å². The minimum atomic E-state index is -0.342. The molecule has 1 N–H and O–H groups in total. The minimum absolute atomic E-state index is 0.203. The fourth-order valence-electron chi connectivity index (χ4n) is 2.03. The van der Waals surface area contributed by atoms with Gasteiger partial charge in [0.05, 0.1) is 0 Å². The first-order valence-electron chi connectivity index (χ1n) is 5.67. The van der Waals surface area contributed by atoms with Crippen LogP contribution in [0, 0.1) is 0 Å². The lowest BCUT2D eigenvalue weighted by molar-refractivity contribution is 0.103. The number of fused-ring (bicyclic) bond motifs is 1. The Hall–Kier alpha value is -2.07. The van der Waals surface area contributed by atoms with E-state index in [9.17, 15) is 9.90 Å². The van der Waals surface area contributed by atoms with Gasteiger partial charge < -0.3 is 9.52 Å². The first-order valence-corrected chi connectivity index (χ1v) is 6.47. The molecule has 0 fully saturated rings. The van der Waals surface area contributed by atoms with Crippen LogP contribution in [-0.4, -0.2) is 10.9 Å². The molecule has 3 nitrogen and oxygen atoms in total. The second-order valence-corrected chi connectivity index (χ2v) is 5.03. The molecule has 1 heterocycles. The summed E-state index contributed by atoms with van der Waals surface area (Å²) in [6, 6.07) is 14.1. The van der Waals surface area contributed by atoms with Crippen molar-refractivity contribution in [1.29, 1.82) is 0 Å². The molecule has 0 bridgehead atoms. The van der Waals surface area contributed by atoms with E-state index < -0.39 is 0 Å². The molecule has 0 aliphatic heterocycles. The van der Waals surface area contributed by atoms with E-state index in [1.807, 2.05) is 6.07 Å². The molecule has 0 saturated heterocycles. The number of carbonyl (C=O) groups excluding carboxylic acids is 1. The molecule has 0 aliphatic rings. The Balaban J connectivity index is 2.19. The molecule has 1 aromatic heterocycles. The lowest BCUT2D eigenvalue weighted by atomic mass is 10.0. The van der Waals surface area contributed by atoms with Crippen molar-refractivity contribution in [2.45, 2.75) is 0 Å². The summed E-state index contributed by atoms with van der Waals surface area (Å²) in [6.07, 6.45) is 0. The Labute approximate surface area is 117 Å². The van der Waals surface area contributed by atoms with Gasteiger partial charge in [-0.25, -0.2) is 0 Å². The highest BCUT2D eigenvalue weighted by Gasteiger charge is 2.21. The molecule has 4 heteroatoms. The molecule has 19 heavy (non-hydrogen) atoms. The maximum absolute atomic E-state index is 12.5. The third-order valence-electron chi connectivity index (χ3n) is 2.89. The molecule has 3 aromatic rings. The van der Waals surface area contributed by atoms with Gasteiger partial charge in [-0.2, -0.15) is 0 Å². The van der Waals surface area contributed by atoms with Crippen LogP contribution in [0.3, 0.4) is 0 Å². The van der Waals surface area contributed by atoms with Crippen LogP contribution in [0.1, 0.15) is 15.9 Å². The number of aromatic hydroxyl groups is 1. The number of hydrogen-bond acceptors (Lipinski definition) is 3. The SMILES string of the molecule is O=C(c1cccc(Br)c1)c1c(O)oc2ccccc12. The fourth-order valence-corrected chi connectivity index (χ4v) is 2.43. The molecule has 2 aromatic carbocycles. The van der Waals surface area contributed by atoms with Crippen LogP contribution in [0.15, 0.2) is 57.4 Å².